The van der Waals surface area contributed by atoms with Gasteiger partial charge in [-0.2, -0.15) is 0 Å². The quantitative estimate of drug-likeness (QED) is 0.471. The molecule has 0 bridgehead atoms. The van der Waals surface area contributed by atoms with Crippen molar-refractivity contribution in [2.45, 2.75) is 11.8 Å². The first-order valence-corrected chi connectivity index (χ1v) is 6.66. The van der Waals surface area contributed by atoms with Crippen molar-refractivity contribution in [3.63, 3.8) is 0 Å². The number of para-hydroxylation sites is 1. The predicted molar refractivity (Wildman–Crippen MR) is 78.3 cm³/mol. The van der Waals surface area contributed by atoms with Gasteiger partial charge < -0.3 is 4.74 Å². The van der Waals surface area contributed by atoms with Gasteiger partial charge in [-0.25, -0.2) is 4.39 Å². The molecule has 0 aliphatic rings. The number of alkyl halides is 1. The molecule has 0 aliphatic carbocycles. The van der Waals surface area contributed by atoms with E-state index in [0.29, 0.717) is 11.1 Å². The fourth-order valence-electron chi connectivity index (χ4n) is 2.05. The first-order chi connectivity index (χ1) is 10.0. The molecular weight excluding hydrogens is 297 g/mol. The number of hydrogen-bond acceptors (Lipinski definition) is 3. The summed E-state index contributed by atoms with van der Waals surface area (Å²) in [5.41, 5.74) is 1.07. The number of methoxy groups -OCH3 is 1. The van der Waals surface area contributed by atoms with Gasteiger partial charge in [-0.05, 0) is 24.1 Å². The van der Waals surface area contributed by atoms with Crippen LogP contribution in [0.2, 0.25) is 0 Å². The van der Waals surface area contributed by atoms with E-state index in [1.807, 2.05) is 0 Å². The Morgan fingerprint density at radius 1 is 1.33 bits per heavy atom. The number of hydrogen-bond donors (Lipinski definition) is 0. The van der Waals surface area contributed by atoms with E-state index >= 15 is 0 Å². The molecule has 0 amide bonds. The average Bonchev–Trinajstić information content (AvgIpc) is 2.47. The first kappa shape index (κ1) is 15.3. The van der Waals surface area contributed by atoms with Crippen LogP contribution in [-0.2, 0) is 6.42 Å². The number of nitro benzene ring substituents is 1. The van der Waals surface area contributed by atoms with Crippen LogP contribution in [0.5, 0.6) is 5.75 Å². The lowest BCUT2D eigenvalue weighted by Crippen LogP contribution is -2.01. The van der Waals surface area contributed by atoms with Gasteiger partial charge in [0.25, 0.3) is 5.69 Å². The highest BCUT2D eigenvalue weighted by Gasteiger charge is 2.18. The highest BCUT2D eigenvalue weighted by atomic mass is 35.5. The molecule has 0 aromatic heterocycles. The van der Waals surface area contributed by atoms with Crippen molar-refractivity contribution in [3.8, 4) is 5.75 Å². The predicted octanol–water partition coefficient (Wildman–Crippen LogP) is 4.27. The van der Waals surface area contributed by atoms with Gasteiger partial charge in [-0.1, -0.05) is 24.3 Å². The molecule has 2 rings (SSSR count). The summed E-state index contributed by atoms with van der Waals surface area (Å²) >= 11 is 6.25. The summed E-state index contributed by atoms with van der Waals surface area (Å²) < 4.78 is 18.5. The summed E-state index contributed by atoms with van der Waals surface area (Å²) in [6.45, 7) is 0. The summed E-state index contributed by atoms with van der Waals surface area (Å²) in [6, 6.07) is 10.8. The Hall–Kier alpha value is -2.14. The van der Waals surface area contributed by atoms with Crippen LogP contribution >= 0.6 is 11.6 Å². The van der Waals surface area contributed by atoms with Gasteiger partial charge in [0.05, 0.1) is 17.4 Å². The summed E-state index contributed by atoms with van der Waals surface area (Å²) in [6.07, 6.45) is 0.241. The van der Waals surface area contributed by atoms with Crippen molar-refractivity contribution < 1.29 is 14.1 Å². The van der Waals surface area contributed by atoms with E-state index in [2.05, 4.69) is 0 Å². The Morgan fingerprint density at radius 2 is 2.05 bits per heavy atom. The second-order valence-corrected chi connectivity index (χ2v) is 4.98. The molecule has 0 spiro atoms. The molecule has 1 unspecified atom stereocenters. The molecule has 110 valence electrons. The van der Waals surface area contributed by atoms with Gasteiger partial charge in [0, 0.05) is 11.6 Å². The molecule has 0 saturated carbocycles. The smallest absolute Gasteiger partial charge is 0.272 e. The second-order valence-electron chi connectivity index (χ2n) is 4.45. The van der Waals surface area contributed by atoms with Gasteiger partial charge in [0.15, 0.2) is 11.6 Å². The monoisotopic (exact) mass is 309 g/mol. The van der Waals surface area contributed by atoms with Crippen LogP contribution in [0.4, 0.5) is 10.1 Å². The van der Waals surface area contributed by atoms with Crippen molar-refractivity contribution in [2.24, 2.45) is 0 Å². The standard InChI is InChI=1S/C15H13ClFNO3/c1-21-15-7-6-10(9-13(15)17)12(16)8-11-4-2-3-5-14(11)18(19)20/h2-7,9,12H,8H2,1H3. The Morgan fingerprint density at radius 3 is 2.67 bits per heavy atom. The minimum atomic E-state index is -0.563. The van der Waals surface area contributed by atoms with Crippen molar-refractivity contribution in [2.75, 3.05) is 7.11 Å². The molecular formula is C15H13ClFNO3. The maximum Gasteiger partial charge on any atom is 0.272 e. The van der Waals surface area contributed by atoms with Crippen molar-refractivity contribution in [1.29, 1.82) is 0 Å². The van der Waals surface area contributed by atoms with E-state index in [1.54, 1.807) is 24.3 Å². The molecule has 0 saturated heterocycles. The van der Waals surface area contributed by atoms with Crippen LogP contribution in [0.25, 0.3) is 0 Å². The van der Waals surface area contributed by atoms with Crippen LogP contribution in [0.1, 0.15) is 16.5 Å². The highest BCUT2D eigenvalue weighted by molar-refractivity contribution is 6.21. The Bertz CT molecular complexity index is 663. The molecule has 2 aromatic carbocycles. The molecule has 0 aliphatic heterocycles. The third-order valence-corrected chi connectivity index (χ3v) is 3.53. The first-order valence-electron chi connectivity index (χ1n) is 6.22. The van der Waals surface area contributed by atoms with Crippen LogP contribution in [0.15, 0.2) is 42.5 Å². The zero-order valence-corrected chi connectivity index (χ0v) is 12.0. The zero-order valence-electron chi connectivity index (χ0n) is 11.3. The molecule has 1 atom stereocenters. The molecule has 0 heterocycles. The number of ether oxygens (including phenoxy) is 1. The molecule has 0 radical (unpaired) electrons. The van der Waals surface area contributed by atoms with E-state index in [1.165, 1.54) is 25.3 Å². The van der Waals surface area contributed by atoms with Gasteiger partial charge in [0.2, 0.25) is 0 Å². The topological polar surface area (TPSA) is 52.4 Å². The van der Waals surface area contributed by atoms with Crippen molar-refractivity contribution >= 4 is 17.3 Å². The molecule has 6 heteroatoms. The Kier molecular flexibility index (Phi) is 4.75. The van der Waals surface area contributed by atoms with Crippen LogP contribution in [0.3, 0.4) is 0 Å². The summed E-state index contributed by atoms with van der Waals surface area (Å²) in [5.74, 6) is -0.378. The second kappa shape index (κ2) is 6.54. The van der Waals surface area contributed by atoms with Gasteiger partial charge in [0.1, 0.15) is 0 Å². The summed E-state index contributed by atoms with van der Waals surface area (Å²) in [4.78, 5) is 10.5. The van der Waals surface area contributed by atoms with Gasteiger partial charge in [-0.15, -0.1) is 11.6 Å². The van der Waals surface area contributed by atoms with Crippen molar-refractivity contribution in [1.82, 2.24) is 0 Å². The lowest BCUT2D eigenvalue weighted by molar-refractivity contribution is -0.385. The van der Waals surface area contributed by atoms with Gasteiger partial charge >= 0.3 is 0 Å². The number of nitrogens with zero attached hydrogens (tertiary/aromatic N) is 1. The van der Waals surface area contributed by atoms with Crippen LogP contribution in [0, 0.1) is 15.9 Å². The minimum Gasteiger partial charge on any atom is -0.494 e. The van der Waals surface area contributed by atoms with Gasteiger partial charge in [-0.3, -0.25) is 10.1 Å². The van der Waals surface area contributed by atoms with E-state index in [4.69, 9.17) is 16.3 Å². The fraction of sp³-hybridized carbons (Fsp3) is 0.200. The SMILES string of the molecule is COc1ccc(C(Cl)Cc2ccccc2[N+](=O)[O-])cc1F. The Balaban J connectivity index is 2.24. The number of halogens is 2. The molecule has 0 N–H and O–H groups in total. The molecule has 0 fully saturated rings. The third kappa shape index (κ3) is 3.49. The largest absolute Gasteiger partial charge is 0.494 e. The molecule has 21 heavy (non-hydrogen) atoms. The number of nitro groups is 1. The van der Waals surface area contributed by atoms with E-state index in [-0.39, 0.29) is 17.9 Å². The normalized spacial score (nSPS) is 12.0. The van der Waals surface area contributed by atoms with E-state index in [9.17, 15) is 14.5 Å². The van der Waals surface area contributed by atoms with Crippen LogP contribution in [-0.4, -0.2) is 12.0 Å². The minimum absolute atomic E-state index is 0.0112. The maximum atomic E-state index is 13.7. The summed E-state index contributed by atoms with van der Waals surface area (Å²) in [7, 11) is 1.38. The number of benzene rings is 2. The fourth-order valence-corrected chi connectivity index (χ4v) is 2.35. The van der Waals surface area contributed by atoms with E-state index in [0.717, 1.165) is 0 Å². The summed E-state index contributed by atoms with van der Waals surface area (Å²) in [5, 5.41) is 10.4. The average molecular weight is 310 g/mol. The third-order valence-electron chi connectivity index (χ3n) is 3.12. The Labute approximate surface area is 126 Å². The lowest BCUT2D eigenvalue weighted by atomic mass is 10.0. The molecule has 2 aromatic rings. The van der Waals surface area contributed by atoms with Crippen LogP contribution < -0.4 is 4.74 Å². The van der Waals surface area contributed by atoms with Crippen molar-refractivity contribution in [3.05, 3.63) is 69.5 Å². The maximum absolute atomic E-state index is 13.7. The highest BCUT2D eigenvalue weighted by Crippen LogP contribution is 2.31. The number of rotatable bonds is 5. The zero-order chi connectivity index (χ0) is 15.4. The molecule has 4 nitrogen and oxygen atoms in total. The lowest BCUT2D eigenvalue weighted by Gasteiger charge is -2.11. The van der Waals surface area contributed by atoms with E-state index < -0.39 is 16.1 Å².